The van der Waals surface area contributed by atoms with Crippen LogP contribution in [0.25, 0.3) is 10.6 Å². The molecule has 2 aromatic rings. The van der Waals surface area contributed by atoms with Crippen molar-refractivity contribution in [2.45, 2.75) is 11.3 Å². The molecule has 1 heterocycles. The maximum absolute atomic E-state index is 4.23. The summed E-state index contributed by atoms with van der Waals surface area (Å²) < 4.78 is 0. The molecule has 17 heavy (non-hydrogen) atoms. The molecule has 0 radical (unpaired) electrons. The quantitative estimate of drug-likeness (QED) is 0.844. The molecule has 0 fully saturated rings. The molecule has 0 atom stereocenters. The van der Waals surface area contributed by atoms with Crippen LogP contribution in [0.4, 0.5) is 0 Å². The first kappa shape index (κ1) is 12.5. The fourth-order valence-electron chi connectivity index (χ4n) is 1.44. The second-order valence-corrected chi connectivity index (χ2v) is 5.52. The number of hydrogen-bond donors (Lipinski definition) is 1. The summed E-state index contributed by atoms with van der Waals surface area (Å²) in [5.74, 6) is 0. The summed E-state index contributed by atoms with van der Waals surface area (Å²) in [6.07, 6.45) is 3.02. The molecule has 2 rings (SSSR count). The third kappa shape index (κ3) is 3.28. The average molecular weight is 265 g/mol. The zero-order chi connectivity index (χ0) is 12.1. The number of nitrogens with zero attached hydrogens (tertiary/aromatic N) is 2. The SMILES string of the molecule is CNCCc1nnc(-c2ccc(SC)cc2)s1. The molecule has 0 bridgehead atoms. The highest BCUT2D eigenvalue weighted by atomic mass is 32.2. The molecular weight excluding hydrogens is 250 g/mol. The highest BCUT2D eigenvalue weighted by Gasteiger charge is 2.06. The van der Waals surface area contributed by atoms with Crippen LogP contribution in [0.5, 0.6) is 0 Å². The Kier molecular flexibility index (Phi) is 4.53. The van der Waals surface area contributed by atoms with E-state index < -0.39 is 0 Å². The lowest BCUT2D eigenvalue weighted by molar-refractivity contribution is 0.779. The van der Waals surface area contributed by atoms with Crippen molar-refractivity contribution in [3.05, 3.63) is 29.3 Å². The summed E-state index contributed by atoms with van der Waals surface area (Å²) in [4.78, 5) is 1.27. The Balaban J connectivity index is 2.12. The lowest BCUT2D eigenvalue weighted by Gasteiger charge is -1.97. The van der Waals surface area contributed by atoms with Crippen LogP contribution >= 0.6 is 23.1 Å². The van der Waals surface area contributed by atoms with Gasteiger partial charge in [0, 0.05) is 23.4 Å². The summed E-state index contributed by atoms with van der Waals surface area (Å²) in [6.45, 7) is 0.944. The molecule has 3 nitrogen and oxygen atoms in total. The van der Waals surface area contributed by atoms with Crippen molar-refractivity contribution in [3.63, 3.8) is 0 Å². The van der Waals surface area contributed by atoms with Crippen LogP contribution in [-0.4, -0.2) is 30.0 Å². The summed E-state index contributed by atoms with van der Waals surface area (Å²) in [5.41, 5.74) is 1.15. The van der Waals surface area contributed by atoms with Crippen LogP contribution in [-0.2, 0) is 6.42 Å². The molecule has 0 amide bonds. The Morgan fingerprint density at radius 2 is 2.00 bits per heavy atom. The maximum atomic E-state index is 4.23. The van der Waals surface area contributed by atoms with E-state index in [-0.39, 0.29) is 0 Å². The number of hydrogen-bond acceptors (Lipinski definition) is 5. The number of benzene rings is 1. The zero-order valence-corrected chi connectivity index (χ0v) is 11.6. The number of likely N-dealkylation sites (N-methyl/N-ethyl adjacent to an activating group) is 1. The molecule has 1 aromatic carbocycles. The zero-order valence-electron chi connectivity index (χ0n) is 9.93. The lowest BCUT2D eigenvalue weighted by Crippen LogP contribution is -2.09. The minimum atomic E-state index is 0.942. The van der Waals surface area contributed by atoms with Crippen molar-refractivity contribution in [1.29, 1.82) is 0 Å². The minimum Gasteiger partial charge on any atom is -0.319 e. The number of thioether (sulfide) groups is 1. The van der Waals surface area contributed by atoms with E-state index in [1.807, 2.05) is 7.05 Å². The van der Waals surface area contributed by atoms with Gasteiger partial charge in [-0.2, -0.15) is 0 Å². The molecule has 0 aliphatic heterocycles. The molecule has 5 heteroatoms. The van der Waals surface area contributed by atoms with Crippen LogP contribution in [0.1, 0.15) is 5.01 Å². The average Bonchev–Trinajstić information content (AvgIpc) is 2.85. The smallest absolute Gasteiger partial charge is 0.147 e. The van der Waals surface area contributed by atoms with E-state index in [2.05, 4.69) is 46.0 Å². The van der Waals surface area contributed by atoms with Gasteiger partial charge in [0.05, 0.1) is 0 Å². The molecule has 1 N–H and O–H groups in total. The normalized spacial score (nSPS) is 10.7. The lowest BCUT2D eigenvalue weighted by atomic mass is 10.2. The fraction of sp³-hybridized carbons (Fsp3) is 0.333. The predicted octanol–water partition coefficient (Wildman–Crippen LogP) is 2.69. The van der Waals surface area contributed by atoms with E-state index in [0.29, 0.717) is 0 Å². The first-order valence-electron chi connectivity index (χ1n) is 5.45. The Hall–Kier alpha value is -0.910. The first-order valence-corrected chi connectivity index (χ1v) is 7.49. The highest BCUT2D eigenvalue weighted by Crippen LogP contribution is 2.25. The van der Waals surface area contributed by atoms with Gasteiger partial charge in [-0.25, -0.2) is 0 Å². The van der Waals surface area contributed by atoms with Gasteiger partial charge in [-0.1, -0.05) is 23.5 Å². The maximum Gasteiger partial charge on any atom is 0.147 e. The molecule has 1 aromatic heterocycles. The molecular formula is C12H15N3S2. The van der Waals surface area contributed by atoms with E-state index in [9.17, 15) is 0 Å². The van der Waals surface area contributed by atoms with Gasteiger partial charge in [-0.05, 0) is 25.4 Å². The molecule has 0 unspecified atom stereocenters. The second kappa shape index (κ2) is 6.14. The van der Waals surface area contributed by atoms with Gasteiger partial charge in [0.2, 0.25) is 0 Å². The number of aromatic nitrogens is 2. The summed E-state index contributed by atoms with van der Waals surface area (Å²) in [6, 6.07) is 8.45. The molecule has 0 saturated carbocycles. The van der Waals surface area contributed by atoms with Gasteiger partial charge < -0.3 is 5.32 Å². The third-order valence-corrected chi connectivity index (χ3v) is 4.17. The van der Waals surface area contributed by atoms with Gasteiger partial charge in [-0.15, -0.1) is 22.0 Å². The van der Waals surface area contributed by atoms with Crippen LogP contribution < -0.4 is 5.32 Å². The molecule has 0 saturated heterocycles. The summed E-state index contributed by atoms with van der Waals surface area (Å²) in [5, 5.41) is 13.6. The molecule has 0 aliphatic carbocycles. The Morgan fingerprint density at radius 3 is 2.65 bits per heavy atom. The largest absolute Gasteiger partial charge is 0.319 e. The Morgan fingerprint density at radius 1 is 1.24 bits per heavy atom. The summed E-state index contributed by atoms with van der Waals surface area (Å²) >= 11 is 3.42. The Bertz CT molecular complexity index is 465. The second-order valence-electron chi connectivity index (χ2n) is 3.58. The van der Waals surface area contributed by atoms with Crippen molar-refractivity contribution in [2.24, 2.45) is 0 Å². The van der Waals surface area contributed by atoms with Crippen molar-refractivity contribution in [2.75, 3.05) is 19.8 Å². The highest BCUT2D eigenvalue weighted by molar-refractivity contribution is 7.98. The van der Waals surface area contributed by atoms with Gasteiger partial charge in [-0.3, -0.25) is 0 Å². The van der Waals surface area contributed by atoms with E-state index in [1.165, 1.54) is 4.90 Å². The van der Waals surface area contributed by atoms with E-state index >= 15 is 0 Å². The summed E-state index contributed by atoms with van der Waals surface area (Å²) in [7, 11) is 1.95. The van der Waals surface area contributed by atoms with Crippen LogP contribution in [0.3, 0.4) is 0 Å². The molecule has 0 aliphatic rings. The third-order valence-electron chi connectivity index (χ3n) is 2.39. The van der Waals surface area contributed by atoms with Gasteiger partial charge in [0.15, 0.2) is 0 Å². The monoisotopic (exact) mass is 265 g/mol. The van der Waals surface area contributed by atoms with Crippen molar-refractivity contribution < 1.29 is 0 Å². The van der Waals surface area contributed by atoms with E-state index in [0.717, 1.165) is 28.5 Å². The standard InChI is InChI=1S/C12H15N3S2/c1-13-8-7-11-14-15-12(17-11)9-3-5-10(16-2)6-4-9/h3-6,13H,7-8H2,1-2H3. The molecule has 0 spiro atoms. The van der Waals surface area contributed by atoms with E-state index in [1.54, 1.807) is 23.1 Å². The van der Waals surface area contributed by atoms with E-state index in [4.69, 9.17) is 0 Å². The van der Waals surface area contributed by atoms with Crippen LogP contribution in [0.2, 0.25) is 0 Å². The van der Waals surface area contributed by atoms with Crippen molar-refractivity contribution >= 4 is 23.1 Å². The topological polar surface area (TPSA) is 37.8 Å². The number of rotatable bonds is 5. The fourth-order valence-corrected chi connectivity index (χ4v) is 2.69. The van der Waals surface area contributed by atoms with Gasteiger partial charge in [0.25, 0.3) is 0 Å². The number of nitrogens with one attached hydrogen (secondary N) is 1. The minimum absolute atomic E-state index is 0.942. The molecule has 90 valence electrons. The first-order chi connectivity index (χ1) is 8.33. The van der Waals surface area contributed by atoms with Crippen molar-refractivity contribution in [3.8, 4) is 10.6 Å². The predicted molar refractivity (Wildman–Crippen MR) is 74.8 cm³/mol. The van der Waals surface area contributed by atoms with Gasteiger partial charge in [0.1, 0.15) is 10.0 Å². The Labute approximate surface area is 110 Å². The van der Waals surface area contributed by atoms with Gasteiger partial charge >= 0.3 is 0 Å². The van der Waals surface area contributed by atoms with Crippen LogP contribution in [0.15, 0.2) is 29.2 Å². The van der Waals surface area contributed by atoms with Crippen molar-refractivity contribution in [1.82, 2.24) is 15.5 Å². The van der Waals surface area contributed by atoms with Crippen LogP contribution in [0, 0.1) is 0 Å².